The molecule has 0 amide bonds. The third-order valence-electron chi connectivity index (χ3n) is 3.36. The molecule has 2 rings (SSSR count). The molecule has 0 aliphatic heterocycles. The Kier molecular flexibility index (Phi) is 4.54. The van der Waals surface area contributed by atoms with E-state index in [0.29, 0.717) is 12.8 Å². The first-order valence-corrected chi connectivity index (χ1v) is 7.17. The standard InChI is InChI=1S/C17H17BrO/c1-12-6-5-7-13(2)16(12)11-15(19)10-14-8-3-4-9-17(14)18/h3-9H,10-11H2,1-2H3. The van der Waals surface area contributed by atoms with Crippen molar-refractivity contribution in [1.82, 2.24) is 0 Å². The molecule has 0 aliphatic carbocycles. The molecule has 0 aliphatic rings. The van der Waals surface area contributed by atoms with Crippen molar-refractivity contribution in [2.24, 2.45) is 0 Å². The van der Waals surface area contributed by atoms with Gasteiger partial charge in [0.25, 0.3) is 0 Å². The summed E-state index contributed by atoms with van der Waals surface area (Å²) < 4.78 is 1.00. The molecule has 0 bridgehead atoms. The van der Waals surface area contributed by atoms with Crippen molar-refractivity contribution in [3.63, 3.8) is 0 Å². The van der Waals surface area contributed by atoms with Crippen molar-refractivity contribution in [3.05, 3.63) is 69.2 Å². The maximum absolute atomic E-state index is 12.2. The second-order valence-electron chi connectivity index (χ2n) is 4.85. The average molecular weight is 317 g/mol. The molecule has 0 N–H and O–H groups in total. The Morgan fingerprint density at radius 2 is 1.58 bits per heavy atom. The van der Waals surface area contributed by atoms with E-state index in [9.17, 15) is 4.79 Å². The predicted molar refractivity (Wildman–Crippen MR) is 82.5 cm³/mol. The van der Waals surface area contributed by atoms with E-state index in [4.69, 9.17) is 0 Å². The summed E-state index contributed by atoms with van der Waals surface area (Å²) in [5.41, 5.74) is 4.61. The van der Waals surface area contributed by atoms with Crippen molar-refractivity contribution in [2.75, 3.05) is 0 Å². The molecule has 2 aromatic carbocycles. The second-order valence-corrected chi connectivity index (χ2v) is 5.71. The molecule has 0 spiro atoms. The summed E-state index contributed by atoms with van der Waals surface area (Å²) >= 11 is 3.49. The number of rotatable bonds is 4. The Labute approximate surface area is 122 Å². The predicted octanol–water partition coefficient (Wildman–Crippen LogP) is 4.42. The lowest BCUT2D eigenvalue weighted by molar-refractivity contribution is -0.117. The van der Waals surface area contributed by atoms with Gasteiger partial charge in [0.05, 0.1) is 0 Å². The Hall–Kier alpha value is -1.41. The fourth-order valence-electron chi connectivity index (χ4n) is 2.24. The fourth-order valence-corrected chi connectivity index (χ4v) is 2.67. The van der Waals surface area contributed by atoms with Gasteiger partial charge in [-0.05, 0) is 42.2 Å². The molecule has 19 heavy (non-hydrogen) atoms. The topological polar surface area (TPSA) is 17.1 Å². The largest absolute Gasteiger partial charge is 0.299 e. The number of carbonyl (C=O) groups excluding carboxylic acids is 1. The van der Waals surface area contributed by atoms with Gasteiger partial charge in [0.2, 0.25) is 0 Å². The molecule has 2 aromatic rings. The third-order valence-corrected chi connectivity index (χ3v) is 4.14. The lowest BCUT2D eigenvalue weighted by atomic mass is 9.96. The Morgan fingerprint density at radius 1 is 0.947 bits per heavy atom. The molecule has 0 radical (unpaired) electrons. The highest BCUT2D eigenvalue weighted by Gasteiger charge is 2.10. The SMILES string of the molecule is Cc1cccc(C)c1CC(=O)Cc1ccccc1Br. The van der Waals surface area contributed by atoms with Gasteiger partial charge < -0.3 is 0 Å². The number of benzene rings is 2. The number of aryl methyl sites for hydroxylation is 2. The normalized spacial score (nSPS) is 10.5. The number of hydrogen-bond donors (Lipinski definition) is 0. The molecule has 1 nitrogen and oxygen atoms in total. The van der Waals surface area contributed by atoms with Crippen LogP contribution in [0, 0.1) is 13.8 Å². The zero-order valence-electron chi connectivity index (χ0n) is 11.2. The van der Waals surface area contributed by atoms with E-state index in [0.717, 1.165) is 10.0 Å². The molecule has 0 fully saturated rings. The lowest BCUT2D eigenvalue weighted by Gasteiger charge is -2.09. The zero-order valence-corrected chi connectivity index (χ0v) is 12.8. The highest BCUT2D eigenvalue weighted by Crippen LogP contribution is 2.19. The Bertz CT molecular complexity index is 582. The van der Waals surface area contributed by atoms with E-state index in [1.807, 2.05) is 30.3 Å². The first kappa shape index (κ1) is 14.0. The van der Waals surface area contributed by atoms with Crippen molar-refractivity contribution in [3.8, 4) is 0 Å². The van der Waals surface area contributed by atoms with Crippen LogP contribution >= 0.6 is 15.9 Å². The third kappa shape index (κ3) is 3.54. The minimum Gasteiger partial charge on any atom is -0.299 e. The van der Waals surface area contributed by atoms with E-state index < -0.39 is 0 Å². The van der Waals surface area contributed by atoms with Crippen molar-refractivity contribution in [2.45, 2.75) is 26.7 Å². The summed E-state index contributed by atoms with van der Waals surface area (Å²) in [6.07, 6.45) is 0.995. The van der Waals surface area contributed by atoms with Gasteiger partial charge >= 0.3 is 0 Å². The van der Waals surface area contributed by atoms with Gasteiger partial charge in [-0.2, -0.15) is 0 Å². The minimum atomic E-state index is 0.254. The average Bonchev–Trinajstić information content (AvgIpc) is 2.37. The molecule has 0 saturated carbocycles. The Balaban J connectivity index is 2.12. The number of hydrogen-bond acceptors (Lipinski definition) is 1. The van der Waals surface area contributed by atoms with Crippen molar-refractivity contribution < 1.29 is 4.79 Å². The van der Waals surface area contributed by atoms with Gasteiger partial charge in [-0.3, -0.25) is 4.79 Å². The van der Waals surface area contributed by atoms with Gasteiger partial charge in [0, 0.05) is 17.3 Å². The van der Waals surface area contributed by atoms with E-state index in [2.05, 4.69) is 41.9 Å². The summed E-state index contributed by atoms with van der Waals surface area (Å²) in [6.45, 7) is 4.13. The summed E-state index contributed by atoms with van der Waals surface area (Å²) in [5.74, 6) is 0.254. The van der Waals surface area contributed by atoms with Gasteiger partial charge in [-0.1, -0.05) is 52.3 Å². The van der Waals surface area contributed by atoms with E-state index in [1.54, 1.807) is 0 Å². The van der Waals surface area contributed by atoms with Crippen LogP contribution in [0.5, 0.6) is 0 Å². The monoisotopic (exact) mass is 316 g/mol. The zero-order chi connectivity index (χ0) is 13.8. The highest BCUT2D eigenvalue weighted by atomic mass is 79.9. The van der Waals surface area contributed by atoms with Crippen LogP contribution in [-0.2, 0) is 17.6 Å². The van der Waals surface area contributed by atoms with Crippen LogP contribution in [-0.4, -0.2) is 5.78 Å². The van der Waals surface area contributed by atoms with Crippen molar-refractivity contribution >= 4 is 21.7 Å². The van der Waals surface area contributed by atoms with Crippen LogP contribution < -0.4 is 0 Å². The van der Waals surface area contributed by atoms with E-state index in [-0.39, 0.29) is 5.78 Å². The van der Waals surface area contributed by atoms with Gasteiger partial charge in [-0.25, -0.2) is 0 Å². The number of Topliss-reactive ketones (excluding diaryl/α,β-unsaturated/α-hetero) is 1. The minimum absolute atomic E-state index is 0.254. The van der Waals surface area contributed by atoms with Crippen LogP contribution in [0.3, 0.4) is 0 Å². The molecule has 0 atom stereocenters. The van der Waals surface area contributed by atoms with E-state index >= 15 is 0 Å². The van der Waals surface area contributed by atoms with Crippen LogP contribution in [0.1, 0.15) is 22.3 Å². The summed E-state index contributed by atoms with van der Waals surface area (Å²) in [6, 6.07) is 14.1. The summed E-state index contributed by atoms with van der Waals surface area (Å²) in [7, 11) is 0. The molecule has 0 heterocycles. The van der Waals surface area contributed by atoms with Crippen LogP contribution in [0.4, 0.5) is 0 Å². The molecule has 2 heteroatoms. The summed E-state index contributed by atoms with van der Waals surface area (Å²) in [4.78, 5) is 12.2. The van der Waals surface area contributed by atoms with Crippen LogP contribution in [0.25, 0.3) is 0 Å². The molecular weight excluding hydrogens is 300 g/mol. The maximum Gasteiger partial charge on any atom is 0.141 e. The first-order valence-electron chi connectivity index (χ1n) is 6.38. The van der Waals surface area contributed by atoms with Gasteiger partial charge in [0.1, 0.15) is 5.78 Å². The summed E-state index contributed by atoms with van der Waals surface area (Å²) in [5, 5.41) is 0. The van der Waals surface area contributed by atoms with Crippen LogP contribution in [0.15, 0.2) is 46.9 Å². The number of carbonyl (C=O) groups is 1. The van der Waals surface area contributed by atoms with E-state index in [1.165, 1.54) is 16.7 Å². The maximum atomic E-state index is 12.2. The van der Waals surface area contributed by atoms with Crippen LogP contribution in [0.2, 0.25) is 0 Å². The molecule has 0 aromatic heterocycles. The molecule has 98 valence electrons. The van der Waals surface area contributed by atoms with Gasteiger partial charge in [0.15, 0.2) is 0 Å². The molecule has 0 saturated heterocycles. The number of ketones is 1. The molecular formula is C17H17BrO. The first-order chi connectivity index (χ1) is 9.08. The number of halogens is 1. The quantitative estimate of drug-likeness (QED) is 0.816. The smallest absolute Gasteiger partial charge is 0.141 e. The highest BCUT2D eigenvalue weighted by molar-refractivity contribution is 9.10. The van der Waals surface area contributed by atoms with Gasteiger partial charge in [-0.15, -0.1) is 0 Å². The van der Waals surface area contributed by atoms with Crippen molar-refractivity contribution in [1.29, 1.82) is 0 Å². The molecule has 0 unspecified atom stereocenters. The lowest BCUT2D eigenvalue weighted by Crippen LogP contribution is -2.09. The Morgan fingerprint density at radius 3 is 2.21 bits per heavy atom. The fraction of sp³-hybridized carbons (Fsp3) is 0.235. The second kappa shape index (κ2) is 6.16.